The number of amides is 1. The highest BCUT2D eigenvalue weighted by atomic mass is 16.5. The first-order chi connectivity index (χ1) is 8.81. The van der Waals surface area contributed by atoms with Crippen LogP contribution in [0.3, 0.4) is 0 Å². The molecule has 0 heterocycles. The minimum absolute atomic E-state index is 0.0910. The first kappa shape index (κ1) is 15.7. The average molecular weight is 267 g/mol. The highest BCUT2D eigenvalue weighted by Gasteiger charge is 2.52. The molecule has 0 aromatic rings. The van der Waals surface area contributed by atoms with Gasteiger partial charge in [-0.3, -0.25) is 9.59 Å². The number of carbonyl (C=O) groups is 2. The molecule has 4 nitrogen and oxygen atoms in total. The van der Waals surface area contributed by atoms with Crippen LogP contribution in [0.5, 0.6) is 0 Å². The Balaban J connectivity index is 2.45. The third kappa shape index (κ3) is 4.08. The van der Waals surface area contributed by atoms with E-state index in [2.05, 4.69) is 20.4 Å². The van der Waals surface area contributed by atoms with Gasteiger partial charge in [-0.2, -0.15) is 0 Å². The van der Waals surface area contributed by atoms with Crippen LogP contribution in [-0.2, 0) is 14.3 Å². The van der Waals surface area contributed by atoms with Crippen molar-refractivity contribution in [2.75, 3.05) is 13.2 Å². The van der Waals surface area contributed by atoms with Gasteiger partial charge in [0.15, 0.2) is 0 Å². The van der Waals surface area contributed by atoms with Gasteiger partial charge < -0.3 is 9.64 Å². The summed E-state index contributed by atoms with van der Waals surface area (Å²) in [5.74, 6) is 0.490. The lowest BCUT2D eigenvalue weighted by molar-refractivity contribution is -0.146. The second kappa shape index (κ2) is 6.22. The van der Waals surface area contributed by atoms with Crippen LogP contribution in [0.25, 0.3) is 0 Å². The predicted octanol–water partition coefficient (Wildman–Crippen LogP) is 2.39. The molecule has 1 saturated carbocycles. The zero-order valence-electron chi connectivity index (χ0n) is 12.4. The van der Waals surface area contributed by atoms with Crippen molar-refractivity contribution in [1.29, 1.82) is 0 Å². The summed E-state index contributed by atoms with van der Waals surface area (Å²) < 4.78 is 5.17. The van der Waals surface area contributed by atoms with Gasteiger partial charge in [0.2, 0.25) is 5.91 Å². The Morgan fingerprint density at radius 2 is 2.11 bits per heavy atom. The summed E-state index contributed by atoms with van der Waals surface area (Å²) >= 11 is 0. The maximum Gasteiger partial charge on any atom is 0.306 e. The minimum atomic E-state index is -0.199. The number of hydrogen-bond donors (Lipinski definition) is 0. The van der Waals surface area contributed by atoms with Crippen molar-refractivity contribution in [3.05, 3.63) is 12.7 Å². The van der Waals surface area contributed by atoms with Gasteiger partial charge in [0.05, 0.1) is 6.54 Å². The van der Waals surface area contributed by atoms with Gasteiger partial charge in [-0.25, -0.2) is 0 Å². The molecule has 2 atom stereocenters. The SMILES string of the molecule is C=CC(=O)N(CCOC(=O)CC(C)C)C1(C)CC1C. The number of carbonyl (C=O) groups excluding carboxylic acids is 2. The number of hydrogen-bond acceptors (Lipinski definition) is 3. The van der Waals surface area contributed by atoms with Crippen molar-refractivity contribution in [2.45, 2.75) is 46.1 Å². The van der Waals surface area contributed by atoms with E-state index in [0.717, 1.165) is 6.42 Å². The molecule has 0 saturated heterocycles. The van der Waals surface area contributed by atoms with E-state index in [1.54, 1.807) is 4.90 Å². The maximum absolute atomic E-state index is 11.9. The summed E-state index contributed by atoms with van der Waals surface area (Å²) in [6.45, 7) is 12.4. The van der Waals surface area contributed by atoms with Crippen LogP contribution in [0.4, 0.5) is 0 Å². The van der Waals surface area contributed by atoms with E-state index in [1.807, 2.05) is 13.8 Å². The smallest absolute Gasteiger partial charge is 0.306 e. The van der Waals surface area contributed by atoms with Gasteiger partial charge in [-0.1, -0.05) is 27.4 Å². The Morgan fingerprint density at radius 3 is 2.53 bits per heavy atom. The van der Waals surface area contributed by atoms with Crippen molar-refractivity contribution in [1.82, 2.24) is 4.90 Å². The summed E-state index contributed by atoms with van der Waals surface area (Å²) in [5.41, 5.74) is -0.101. The van der Waals surface area contributed by atoms with Crippen molar-refractivity contribution < 1.29 is 14.3 Å². The van der Waals surface area contributed by atoms with Gasteiger partial charge in [0, 0.05) is 12.0 Å². The van der Waals surface area contributed by atoms with E-state index >= 15 is 0 Å². The van der Waals surface area contributed by atoms with Crippen molar-refractivity contribution in [3.63, 3.8) is 0 Å². The summed E-state index contributed by atoms with van der Waals surface area (Å²) in [6.07, 6.45) is 2.74. The monoisotopic (exact) mass is 267 g/mol. The summed E-state index contributed by atoms with van der Waals surface area (Å²) in [4.78, 5) is 25.1. The van der Waals surface area contributed by atoms with Gasteiger partial charge in [0.25, 0.3) is 0 Å². The maximum atomic E-state index is 11.9. The molecular formula is C15H25NO3. The van der Waals surface area contributed by atoms with Crippen LogP contribution in [0.2, 0.25) is 0 Å². The molecule has 108 valence electrons. The molecule has 1 amide bonds. The zero-order chi connectivity index (χ0) is 14.6. The van der Waals surface area contributed by atoms with E-state index in [0.29, 0.717) is 24.8 Å². The third-order valence-corrected chi connectivity index (χ3v) is 3.83. The van der Waals surface area contributed by atoms with Crippen molar-refractivity contribution in [3.8, 4) is 0 Å². The zero-order valence-corrected chi connectivity index (χ0v) is 12.4. The minimum Gasteiger partial charge on any atom is -0.464 e. The molecule has 1 rings (SSSR count). The first-order valence-electron chi connectivity index (χ1n) is 6.91. The van der Waals surface area contributed by atoms with Crippen LogP contribution in [0.1, 0.15) is 40.5 Å². The molecule has 1 aliphatic carbocycles. The Morgan fingerprint density at radius 1 is 1.53 bits per heavy atom. The van der Waals surface area contributed by atoms with E-state index in [-0.39, 0.29) is 24.0 Å². The quantitative estimate of drug-likeness (QED) is 0.525. The molecule has 0 aromatic heterocycles. The first-order valence-corrected chi connectivity index (χ1v) is 6.91. The molecule has 1 aliphatic rings. The molecule has 0 aromatic carbocycles. The van der Waals surface area contributed by atoms with Crippen LogP contribution in [0.15, 0.2) is 12.7 Å². The van der Waals surface area contributed by atoms with Gasteiger partial charge in [-0.15, -0.1) is 0 Å². The lowest BCUT2D eigenvalue weighted by Gasteiger charge is -2.29. The van der Waals surface area contributed by atoms with Gasteiger partial charge in [-0.05, 0) is 31.3 Å². The lowest BCUT2D eigenvalue weighted by atomic mass is 10.1. The Kier molecular flexibility index (Phi) is 5.15. The molecule has 19 heavy (non-hydrogen) atoms. The van der Waals surface area contributed by atoms with Crippen LogP contribution < -0.4 is 0 Å². The van der Waals surface area contributed by atoms with E-state index < -0.39 is 0 Å². The van der Waals surface area contributed by atoms with E-state index in [1.165, 1.54) is 6.08 Å². The molecule has 0 N–H and O–H groups in total. The fraction of sp³-hybridized carbons (Fsp3) is 0.733. The van der Waals surface area contributed by atoms with Crippen LogP contribution >= 0.6 is 0 Å². The third-order valence-electron chi connectivity index (χ3n) is 3.83. The summed E-state index contributed by atoms with van der Waals surface area (Å²) in [5, 5.41) is 0. The summed E-state index contributed by atoms with van der Waals surface area (Å²) in [6, 6.07) is 0. The second-order valence-electron chi connectivity index (χ2n) is 5.97. The molecule has 0 aliphatic heterocycles. The van der Waals surface area contributed by atoms with Crippen molar-refractivity contribution in [2.24, 2.45) is 11.8 Å². The highest BCUT2D eigenvalue weighted by molar-refractivity contribution is 5.88. The highest BCUT2D eigenvalue weighted by Crippen LogP contribution is 2.47. The number of rotatable bonds is 7. The average Bonchev–Trinajstić information content (AvgIpc) is 2.91. The Bertz CT molecular complexity index is 364. The largest absolute Gasteiger partial charge is 0.464 e. The molecule has 0 radical (unpaired) electrons. The Labute approximate surface area is 115 Å². The fourth-order valence-corrected chi connectivity index (χ4v) is 2.31. The van der Waals surface area contributed by atoms with Gasteiger partial charge >= 0.3 is 5.97 Å². The van der Waals surface area contributed by atoms with Gasteiger partial charge in [0.1, 0.15) is 6.61 Å². The normalized spacial score (nSPS) is 25.0. The molecule has 0 spiro atoms. The molecule has 0 bridgehead atoms. The molecule has 4 heteroatoms. The lowest BCUT2D eigenvalue weighted by Crippen LogP contribution is -2.43. The second-order valence-corrected chi connectivity index (χ2v) is 5.97. The molecular weight excluding hydrogens is 242 g/mol. The standard InChI is InChI=1S/C15H25NO3/c1-6-13(17)16(15(5)10-12(15)4)7-8-19-14(18)9-11(2)3/h6,11-12H,1,7-10H2,2-5H3. The van der Waals surface area contributed by atoms with Crippen molar-refractivity contribution >= 4 is 11.9 Å². The van der Waals surface area contributed by atoms with E-state index in [9.17, 15) is 9.59 Å². The number of esters is 1. The Hall–Kier alpha value is -1.32. The molecule has 1 fully saturated rings. The fourth-order valence-electron chi connectivity index (χ4n) is 2.31. The van der Waals surface area contributed by atoms with E-state index in [4.69, 9.17) is 4.74 Å². The topological polar surface area (TPSA) is 46.6 Å². The summed E-state index contributed by atoms with van der Waals surface area (Å²) in [7, 11) is 0. The predicted molar refractivity (Wildman–Crippen MR) is 74.5 cm³/mol. The van der Waals surface area contributed by atoms with Crippen LogP contribution in [0, 0.1) is 11.8 Å². The number of nitrogens with zero attached hydrogens (tertiary/aromatic N) is 1. The number of ether oxygens (including phenoxy) is 1. The van der Waals surface area contributed by atoms with Crippen LogP contribution in [-0.4, -0.2) is 35.5 Å². The molecule has 2 unspecified atom stereocenters.